The lowest BCUT2D eigenvalue weighted by atomic mass is 10.0. The van der Waals surface area contributed by atoms with Crippen molar-refractivity contribution in [2.45, 2.75) is 26.7 Å². The molecule has 0 atom stereocenters. The van der Waals surface area contributed by atoms with Gasteiger partial charge in [0.25, 0.3) is 0 Å². The topological polar surface area (TPSA) is 0 Å². The van der Waals surface area contributed by atoms with Crippen LogP contribution in [-0.4, -0.2) is 0 Å². The summed E-state index contributed by atoms with van der Waals surface area (Å²) in [5.74, 6) is 0. The molecular weight excluding hydrogens is 144 g/mol. The van der Waals surface area contributed by atoms with E-state index in [0.29, 0.717) is 0 Å². The first kappa shape index (κ1) is 9.05. The van der Waals surface area contributed by atoms with Gasteiger partial charge in [0.2, 0.25) is 0 Å². The Morgan fingerprint density at radius 2 is 1.75 bits per heavy atom. The standard InChI is InChI=1S/C12H16/c1-10(2)8-9-11(3)12-6-4-5-7-12/h4-7H,1,8-9H2,2-3H3. The van der Waals surface area contributed by atoms with Crippen LogP contribution in [0.5, 0.6) is 0 Å². The van der Waals surface area contributed by atoms with Crippen molar-refractivity contribution >= 4 is 0 Å². The van der Waals surface area contributed by atoms with Crippen molar-refractivity contribution in [3.8, 4) is 0 Å². The first-order valence-corrected chi connectivity index (χ1v) is 4.39. The van der Waals surface area contributed by atoms with Crippen molar-refractivity contribution in [1.29, 1.82) is 0 Å². The predicted octanol–water partition coefficient (Wildman–Crippen LogP) is 3.79. The molecule has 0 aromatic carbocycles. The average molecular weight is 160 g/mol. The highest BCUT2D eigenvalue weighted by atomic mass is 14.0. The Labute approximate surface area is 75.0 Å². The van der Waals surface area contributed by atoms with E-state index in [0.717, 1.165) is 12.8 Å². The van der Waals surface area contributed by atoms with Crippen molar-refractivity contribution < 1.29 is 0 Å². The van der Waals surface area contributed by atoms with Crippen LogP contribution in [0.2, 0.25) is 0 Å². The maximum Gasteiger partial charge on any atom is -0.0267 e. The molecule has 0 spiro atoms. The third-order valence-corrected chi connectivity index (χ3v) is 2.08. The lowest BCUT2D eigenvalue weighted by Gasteiger charge is -2.02. The fourth-order valence-electron chi connectivity index (χ4n) is 1.20. The molecule has 1 rings (SSSR count). The second kappa shape index (κ2) is 4.10. The second-order valence-electron chi connectivity index (χ2n) is 3.41. The van der Waals surface area contributed by atoms with Crippen LogP contribution in [0, 0.1) is 0 Å². The van der Waals surface area contributed by atoms with E-state index in [4.69, 9.17) is 0 Å². The van der Waals surface area contributed by atoms with Gasteiger partial charge in [-0.1, -0.05) is 35.5 Å². The molecule has 0 fully saturated rings. The van der Waals surface area contributed by atoms with E-state index in [9.17, 15) is 0 Å². The zero-order chi connectivity index (χ0) is 8.97. The SMILES string of the molecule is C=C(C)CCC(C)=C1C=CC=C1. The fourth-order valence-corrected chi connectivity index (χ4v) is 1.20. The van der Waals surface area contributed by atoms with Gasteiger partial charge in [0.1, 0.15) is 0 Å². The van der Waals surface area contributed by atoms with Gasteiger partial charge in [-0.05, 0) is 32.3 Å². The van der Waals surface area contributed by atoms with Gasteiger partial charge < -0.3 is 0 Å². The molecule has 0 aromatic heterocycles. The molecule has 1 aliphatic carbocycles. The highest BCUT2D eigenvalue weighted by Crippen LogP contribution is 2.18. The molecule has 0 nitrogen and oxygen atoms in total. The van der Waals surface area contributed by atoms with E-state index in [1.165, 1.54) is 16.7 Å². The van der Waals surface area contributed by atoms with Gasteiger partial charge in [-0.3, -0.25) is 0 Å². The number of hydrogen-bond donors (Lipinski definition) is 0. The number of allylic oxidation sites excluding steroid dienone is 7. The van der Waals surface area contributed by atoms with Gasteiger partial charge in [-0.25, -0.2) is 0 Å². The molecule has 12 heavy (non-hydrogen) atoms. The van der Waals surface area contributed by atoms with Crippen LogP contribution in [0.15, 0.2) is 47.6 Å². The maximum atomic E-state index is 3.90. The quantitative estimate of drug-likeness (QED) is 0.551. The molecule has 0 heteroatoms. The Morgan fingerprint density at radius 3 is 2.25 bits per heavy atom. The van der Waals surface area contributed by atoms with Gasteiger partial charge in [-0.2, -0.15) is 0 Å². The Kier molecular flexibility index (Phi) is 3.09. The molecular formula is C12H16. The molecule has 0 bridgehead atoms. The highest BCUT2D eigenvalue weighted by molar-refractivity contribution is 5.42. The minimum Gasteiger partial charge on any atom is -0.100 e. The molecule has 0 N–H and O–H groups in total. The summed E-state index contributed by atoms with van der Waals surface area (Å²) in [6.07, 6.45) is 10.7. The van der Waals surface area contributed by atoms with Crippen molar-refractivity contribution in [1.82, 2.24) is 0 Å². The molecule has 0 heterocycles. The van der Waals surface area contributed by atoms with Crippen LogP contribution in [-0.2, 0) is 0 Å². The summed E-state index contributed by atoms with van der Waals surface area (Å²) < 4.78 is 0. The molecule has 0 saturated heterocycles. The minimum absolute atomic E-state index is 1.11. The van der Waals surface area contributed by atoms with Crippen molar-refractivity contribution in [2.24, 2.45) is 0 Å². The Morgan fingerprint density at radius 1 is 1.17 bits per heavy atom. The van der Waals surface area contributed by atoms with Crippen molar-refractivity contribution in [3.63, 3.8) is 0 Å². The first-order valence-electron chi connectivity index (χ1n) is 4.39. The minimum atomic E-state index is 1.11. The van der Waals surface area contributed by atoms with Crippen LogP contribution < -0.4 is 0 Å². The molecule has 0 radical (unpaired) electrons. The van der Waals surface area contributed by atoms with Gasteiger partial charge in [-0.15, -0.1) is 6.58 Å². The predicted molar refractivity (Wildman–Crippen MR) is 55.0 cm³/mol. The Bertz CT molecular complexity index is 248. The fraction of sp³-hybridized carbons (Fsp3) is 0.333. The van der Waals surface area contributed by atoms with Crippen LogP contribution in [0.3, 0.4) is 0 Å². The summed E-state index contributed by atoms with van der Waals surface area (Å²) in [5, 5.41) is 0. The van der Waals surface area contributed by atoms with E-state index < -0.39 is 0 Å². The van der Waals surface area contributed by atoms with E-state index in [-0.39, 0.29) is 0 Å². The summed E-state index contributed by atoms with van der Waals surface area (Å²) >= 11 is 0. The van der Waals surface area contributed by atoms with Crippen LogP contribution in [0.25, 0.3) is 0 Å². The van der Waals surface area contributed by atoms with Crippen LogP contribution >= 0.6 is 0 Å². The average Bonchev–Trinajstić information content (AvgIpc) is 2.51. The third-order valence-electron chi connectivity index (χ3n) is 2.08. The monoisotopic (exact) mass is 160 g/mol. The summed E-state index contributed by atoms with van der Waals surface area (Å²) in [5.41, 5.74) is 4.10. The van der Waals surface area contributed by atoms with Gasteiger partial charge in [0, 0.05) is 0 Å². The van der Waals surface area contributed by atoms with Gasteiger partial charge in [0.15, 0.2) is 0 Å². The number of rotatable bonds is 3. The molecule has 64 valence electrons. The van der Waals surface area contributed by atoms with Gasteiger partial charge >= 0.3 is 0 Å². The lowest BCUT2D eigenvalue weighted by molar-refractivity contribution is 0.923. The van der Waals surface area contributed by atoms with E-state index in [2.05, 4.69) is 44.7 Å². The molecule has 1 aliphatic rings. The van der Waals surface area contributed by atoms with Gasteiger partial charge in [0.05, 0.1) is 0 Å². The summed E-state index contributed by atoms with van der Waals surface area (Å²) in [6, 6.07) is 0. The summed E-state index contributed by atoms with van der Waals surface area (Å²) in [7, 11) is 0. The normalized spacial score (nSPS) is 14.0. The van der Waals surface area contributed by atoms with Crippen molar-refractivity contribution in [2.75, 3.05) is 0 Å². The third kappa shape index (κ3) is 2.54. The van der Waals surface area contributed by atoms with E-state index in [1.54, 1.807) is 0 Å². The number of hydrogen-bond acceptors (Lipinski definition) is 0. The molecule has 0 unspecified atom stereocenters. The first-order chi connectivity index (χ1) is 5.70. The Balaban J connectivity index is 2.52. The molecule has 0 amide bonds. The lowest BCUT2D eigenvalue weighted by Crippen LogP contribution is -1.83. The molecule has 0 aromatic rings. The van der Waals surface area contributed by atoms with E-state index in [1.807, 2.05) is 0 Å². The smallest absolute Gasteiger partial charge is 0.0267 e. The van der Waals surface area contributed by atoms with E-state index >= 15 is 0 Å². The molecule has 0 aliphatic heterocycles. The zero-order valence-electron chi connectivity index (χ0n) is 7.93. The highest BCUT2D eigenvalue weighted by Gasteiger charge is 1.98. The Hall–Kier alpha value is -1.04. The van der Waals surface area contributed by atoms with Crippen molar-refractivity contribution in [3.05, 3.63) is 47.6 Å². The van der Waals surface area contributed by atoms with Crippen LogP contribution in [0.1, 0.15) is 26.7 Å². The molecule has 0 saturated carbocycles. The summed E-state index contributed by atoms with van der Waals surface area (Å²) in [4.78, 5) is 0. The second-order valence-corrected chi connectivity index (χ2v) is 3.41. The zero-order valence-corrected chi connectivity index (χ0v) is 7.93. The maximum absolute atomic E-state index is 3.90. The van der Waals surface area contributed by atoms with Crippen LogP contribution in [0.4, 0.5) is 0 Å². The largest absolute Gasteiger partial charge is 0.100 e. The summed E-state index contributed by atoms with van der Waals surface area (Å²) in [6.45, 7) is 8.17.